The molecule has 5 nitrogen and oxygen atoms in total. The Balaban J connectivity index is 1.77. The molecule has 1 aliphatic heterocycles. The quantitative estimate of drug-likeness (QED) is 0.682. The first kappa shape index (κ1) is 18.5. The zero-order valence-corrected chi connectivity index (χ0v) is 15.1. The minimum absolute atomic E-state index is 0.00790. The number of hydrogen-bond donors (Lipinski definition) is 0. The van der Waals surface area contributed by atoms with E-state index in [2.05, 4.69) is 10.1 Å². The molecule has 4 rings (SSSR count). The van der Waals surface area contributed by atoms with Crippen LogP contribution in [0.4, 0.5) is 13.2 Å². The molecular formula is C20H19F3N4O. The molecule has 0 aliphatic carbocycles. The maximum absolute atomic E-state index is 13.6. The molecule has 1 aromatic carbocycles. The molecule has 2 aromatic heterocycles. The standard InChI is InChI=1S/C20H19F3N4O/c21-20(22,23)17-12-16(14-7-3-1-4-8-14)25-19-15(13-24-27(17)19)11-18(28)26-9-5-2-6-10-26/h1,3-4,7-8,12-13H,2,5-6,9-11H2. The van der Waals surface area contributed by atoms with E-state index in [9.17, 15) is 18.0 Å². The van der Waals surface area contributed by atoms with Gasteiger partial charge in [-0.25, -0.2) is 9.50 Å². The molecule has 0 bridgehead atoms. The van der Waals surface area contributed by atoms with Crippen LogP contribution in [0.2, 0.25) is 0 Å². The van der Waals surface area contributed by atoms with Crippen molar-refractivity contribution in [3.05, 3.63) is 53.9 Å². The fourth-order valence-electron chi connectivity index (χ4n) is 3.51. The number of piperidine rings is 1. The van der Waals surface area contributed by atoms with Crippen LogP contribution in [0, 0.1) is 0 Å². The number of hydrogen-bond acceptors (Lipinski definition) is 3. The SMILES string of the molecule is O=C(Cc1cnn2c(C(F)(F)F)cc(-c3ccccc3)nc12)N1CCCCC1. The summed E-state index contributed by atoms with van der Waals surface area (Å²) in [6, 6.07) is 9.67. The van der Waals surface area contributed by atoms with E-state index < -0.39 is 11.9 Å². The first-order valence-electron chi connectivity index (χ1n) is 9.21. The number of benzene rings is 1. The van der Waals surface area contributed by atoms with Gasteiger partial charge in [-0.3, -0.25) is 4.79 Å². The van der Waals surface area contributed by atoms with E-state index in [4.69, 9.17) is 0 Å². The van der Waals surface area contributed by atoms with E-state index in [-0.39, 0.29) is 23.7 Å². The molecule has 28 heavy (non-hydrogen) atoms. The smallest absolute Gasteiger partial charge is 0.342 e. The third kappa shape index (κ3) is 3.58. The molecule has 3 aromatic rings. The minimum Gasteiger partial charge on any atom is -0.342 e. The Kier molecular flexibility index (Phi) is 4.78. The average Bonchev–Trinajstić information content (AvgIpc) is 3.10. The van der Waals surface area contributed by atoms with Gasteiger partial charge in [-0.05, 0) is 25.3 Å². The zero-order chi connectivity index (χ0) is 19.7. The fraction of sp³-hybridized carbons (Fsp3) is 0.350. The number of halogens is 3. The summed E-state index contributed by atoms with van der Waals surface area (Å²) in [6.45, 7) is 1.38. The predicted octanol–water partition coefficient (Wildman–Crippen LogP) is 3.97. The summed E-state index contributed by atoms with van der Waals surface area (Å²) in [7, 11) is 0. The molecule has 0 N–H and O–H groups in total. The van der Waals surface area contributed by atoms with Crippen molar-refractivity contribution >= 4 is 11.6 Å². The maximum atomic E-state index is 13.6. The van der Waals surface area contributed by atoms with Gasteiger partial charge in [0.2, 0.25) is 5.91 Å². The Morgan fingerprint density at radius 3 is 2.46 bits per heavy atom. The summed E-state index contributed by atoms with van der Waals surface area (Å²) in [5, 5.41) is 3.88. The van der Waals surface area contributed by atoms with Crippen molar-refractivity contribution in [1.29, 1.82) is 0 Å². The van der Waals surface area contributed by atoms with Gasteiger partial charge in [0.15, 0.2) is 11.3 Å². The van der Waals surface area contributed by atoms with Crippen LogP contribution in [0.15, 0.2) is 42.6 Å². The van der Waals surface area contributed by atoms with Crippen LogP contribution < -0.4 is 0 Å². The topological polar surface area (TPSA) is 50.5 Å². The molecular weight excluding hydrogens is 369 g/mol. The summed E-state index contributed by atoms with van der Waals surface area (Å²) < 4.78 is 41.6. The molecule has 1 saturated heterocycles. The average molecular weight is 388 g/mol. The first-order valence-corrected chi connectivity index (χ1v) is 9.21. The normalized spacial score (nSPS) is 15.2. The number of likely N-dealkylation sites (tertiary alicyclic amines) is 1. The highest BCUT2D eigenvalue weighted by Crippen LogP contribution is 2.32. The van der Waals surface area contributed by atoms with Crippen LogP contribution in [0.3, 0.4) is 0 Å². The summed E-state index contributed by atoms with van der Waals surface area (Å²) >= 11 is 0. The van der Waals surface area contributed by atoms with Crippen LogP contribution in [0.25, 0.3) is 16.9 Å². The molecule has 0 radical (unpaired) electrons. The third-order valence-electron chi connectivity index (χ3n) is 4.96. The van der Waals surface area contributed by atoms with Crippen LogP contribution in [-0.4, -0.2) is 38.5 Å². The highest BCUT2D eigenvalue weighted by atomic mass is 19.4. The highest BCUT2D eigenvalue weighted by molar-refractivity contribution is 5.81. The van der Waals surface area contributed by atoms with Gasteiger partial charge in [0, 0.05) is 24.2 Å². The Labute approximate surface area is 159 Å². The Morgan fingerprint density at radius 1 is 1.07 bits per heavy atom. The molecule has 146 valence electrons. The van der Waals surface area contributed by atoms with Crippen molar-refractivity contribution in [2.75, 3.05) is 13.1 Å². The van der Waals surface area contributed by atoms with Gasteiger partial charge in [0.05, 0.1) is 18.3 Å². The van der Waals surface area contributed by atoms with Gasteiger partial charge in [-0.2, -0.15) is 18.3 Å². The monoisotopic (exact) mass is 388 g/mol. The van der Waals surface area contributed by atoms with Gasteiger partial charge < -0.3 is 4.90 Å². The molecule has 0 spiro atoms. The van der Waals surface area contributed by atoms with E-state index in [1.807, 2.05) is 0 Å². The maximum Gasteiger partial charge on any atom is 0.433 e. The predicted molar refractivity (Wildman–Crippen MR) is 97.6 cm³/mol. The van der Waals surface area contributed by atoms with E-state index in [0.717, 1.165) is 29.8 Å². The molecule has 8 heteroatoms. The second kappa shape index (κ2) is 7.26. The molecule has 0 atom stereocenters. The fourth-order valence-corrected chi connectivity index (χ4v) is 3.51. The van der Waals surface area contributed by atoms with Gasteiger partial charge in [0.1, 0.15) is 0 Å². The number of amides is 1. The highest BCUT2D eigenvalue weighted by Gasteiger charge is 2.35. The summed E-state index contributed by atoms with van der Waals surface area (Å²) in [4.78, 5) is 18.8. The number of carbonyl (C=O) groups excluding carboxylic acids is 1. The number of carbonyl (C=O) groups is 1. The van der Waals surface area contributed by atoms with Crippen LogP contribution >= 0.6 is 0 Å². The van der Waals surface area contributed by atoms with Crippen molar-refractivity contribution in [2.45, 2.75) is 31.9 Å². The molecule has 3 heterocycles. The van der Waals surface area contributed by atoms with Gasteiger partial charge in [-0.15, -0.1) is 0 Å². The molecule has 1 amide bonds. The van der Waals surface area contributed by atoms with Crippen LogP contribution in [-0.2, 0) is 17.4 Å². The molecule has 1 aliphatic rings. The third-order valence-corrected chi connectivity index (χ3v) is 4.96. The molecule has 0 saturated carbocycles. The second-order valence-corrected chi connectivity index (χ2v) is 6.91. The lowest BCUT2D eigenvalue weighted by Gasteiger charge is -2.26. The lowest BCUT2D eigenvalue weighted by atomic mass is 10.1. The number of aromatic nitrogens is 3. The van der Waals surface area contributed by atoms with E-state index >= 15 is 0 Å². The van der Waals surface area contributed by atoms with Crippen LogP contribution in [0.1, 0.15) is 30.5 Å². The van der Waals surface area contributed by atoms with E-state index in [1.54, 1.807) is 35.2 Å². The number of alkyl halides is 3. The number of fused-ring (bicyclic) bond motifs is 1. The van der Waals surface area contributed by atoms with Crippen molar-refractivity contribution in [2.24, 2.45) is 0 Å². The number of rotatable bonds is 3. The zero-order valence-electron chi connectivity index (χ0n) is 15.1. The molecule has 1 fully saturated rings. The first-order chi connectivity index (χ1) is 13.4. The van der Waals surface area contributed by atoms with Crippen molar-refractivity contribution < 1.29 is 18.0 Å². The largest absolute Gasteiger partial charge is 0.433 e. The summed E-state index contributed by atoms with van der Waals surface area (Å²) in [5.74, 6) is -0.102. The lowest BCUT2D eigenvalue weighted by Crippen LogP contribution is -2.36. The Morgan fingerprint density at radius 2 is 1.79 bits per heavy atom. The van der Waals surface area contributed by atoms with Gasteiger partial charge >= 0.3 is 6.18 Å². The summed E-state index contributed by atoms with van der Waals surface area (Å²) in [5.41, 5.74) is 0.337. The summed E-state index contributed by atoms with van der Waals surface area (Å²) in [6.07, 6.45) is -0.285. The minimum atomic E-state index is -4.59. The lowest BCUT2D eigenvalue weighted by molar-refractivity contribution is -0.142. The molecule has 0 unspecified atom stereocenters. The second-order valence-electron chi connectivity index (χ2n) is 6.91. The van der Waals surface area contributed by atoms with Crippen LogP contribution in [0.5, 0.6) is 0 Å². The van der Waals surface area contributed by atoms with Gasteiger partial charge in [0.25, 0.3) is 0 Å². The Bertz CT molecular complexity index is 992. The number of nitrogens with zero attached hydrogens (tertiary/aromatic N) is 4. The Hall–Kier alpha value is -2.90. The van der Waals surface area contributed by atoms with E-state index in [1.165, 1.54) is 6.20 Å². The van der Waals surface area contributed by atoms with Crippen molar-refractivity contribution in [3.63, 3.8) is 0 Å². The van der Waals surface area contributed by atoms with E-state index in [0.29, 0.717) is 24.2 Å². The van der Waals surface area contributed by atoms with Crippen molar-refractivity contribution in [1.82, 2.24) is 19.5 Å². The van der Waals surface area contributed by atoms with Gasteiger partial charge in [-0.1, -0.05) is 30.3 Å². The van der Waals surface area contributed by atoms with Crippen molar-refractivity contribution in [3.8, 4) is 11.3 Å².